The van der Waals surface area contributed by atoms with Crippen LogP contribution >= 0.6 is 15.9 Å². The summed E-state index contributed by atoms with van der Waals surface area (Å²) in [5.41, 5.74) is -0.229. The molecule has 0 aliphatic heterocycles. The van der Waals surface area contributed by atoms with Crippen LogP contribution in [0, 0.1) is 11.6 Å². The Morgan fingerprint density at radius 1 is 1.16 bits per heavy atom. The predicted octanol–water partition coefficient (Wildman–Crippen LogP) is 2.92. The van der Waals surface area contributed by atoms with Crippen LogP contribution in [0.15, 0.2) is 46.0 Å². The van der Waals surface area contributed by atoms with Crippen LogP contribution in [-0.2, 0) is 10.0 Å². The normalized spacial score (nSPS) is 11.3. The molecule has 0 saturated heterocycles. The molecule has 2 aromatic rings. The number of benzene rings is 1. The van der Waals surface area contributed by atoms with Crippen LogP contribution in [0.2, 0.25) is 0 Å². The Balaban J connectivity index is 2.36. The van der Waals surface area contributed by atoms with E-state index in [4.69, 9.17) is 0 Å². The molecule has 1 aromatic heterocycles. The summed E-state index contributed by atoms with van der Waals surface area (Å²) in [5, 5.41) is 0. The monoisotopic (exact) mass is 348 g/mol. The minimum absolute atomic E-state index is 0.229. The fraction of sp³-hybridized carbons (Fsp3) is 0. The van der Waals surface area contributed by atoms with E-state index in [0.717, 1.165) is 24.5 Å². The number of aromatic nitrogens is 1. The van der Waals surface area contributed by atoms with E-state index in [1.807, 2.05) is 4.72 Å². The van der Waals surface area contributed by atoms with Gasteiger partial charge in [-0.1, -0.05) is 15.9 Å². The van der Waals surface area contributed by atoms with Crippen molar-refractivity contribution in [3.8, 4) is 0 Å². The number of nitrogens with one attached hydrogen (secondary N) is 1. The minimum Gasteiger partial charge on any atom is -0.277 e. The van der Waals surface area contributed by atoms with Gasteiger partial charge in [0.2, 0.25) is 0 Å². The van der Waals surface area contributed by atoms with Gasteiger partial charge < -0.3 is 0 Å². The van der Waals surface area contributed by atoms with Crippen molar-refractivity contribution in [1.29, 1.82) is 0 Å². The molecule has 19 heavy (non-hydrogen) atoms. The Bertz CT molecular complexity index is 722. The molecular weight excluding hydrogens is 342 g/mol. The van der Waals surface area contributed by atoms with Gasteiger partial charge in [-0.2, -0.15) is 0 Å². The third kappa shape index (κ3) is 3.27. The van der Waals surface area contributed by atoms with E-state index >= 15 is 0 Å². The molecule has 1 N–H and O–H groups in total. The number of pyridine rings is 1. The second-order valence-electron chi connectivity index (χ2n) is 3.57. The number of sulfonamides is 1. The molecule has 0 aliphatic rings. The van der Waals surface area contributed by atoms with Crippen LogP contribution in [-0.4, -0.2) is 13.4 Å². The minimum atomic E-state index is -4.08. The van der Waals surface area contributed by atoms with Crippen LogP contribution in [0.25, 0.3) is 0 Å². The predicted molar refractivity (Wildman–Crippen MR) is 69.1 cm³/mol. The summed E-state index contributed by atoms with van der Waals surface area (Å²) in [5.74, 6) is -1.54. The van der Waals surface area contributed by atoms with E-state index in [-0.39, 0.29) is 10.6 Å². The third-order valence-electron chi connectivity index (χ3n) is 2.17. The van der Waals surface area contributed by atoms with Crippen LogP contribution in [0.5, 0.6) is 0 Å². The smallest absolute Gasteiger partial charge is 0.263 e. The van der Waals surface area contributed by atoms with Gasteiger partial charge in [0.05, 0.1) is 11.9 Å². The van der Waals surface area contributed by atoms with E-state index in [1.165, 1.54) is 12.1 Å². The van der Waals surface area contributed by atoms with Gasteiger partial charge in [0, 0.05) is 10.7 Å². The molecule has 0 aliphatic carbocycles. The lowest BCUT2D eigenvalue weighted by Gasteiger charge is -2.08. The maximum atomic E-state index is 13.5. The quantitative estimate of drug-likeness (QED) is 0.927. The molecule has 0 amide bonds. The molecule has 8 heteroatoms. The first-order valence-electron chi connectivity index (χ1n) is 4.97. The molecule has 1 aromatic carbocycles. The number of rotatable bonds is 3. The molecule has 0 spiro atoms. The zero-order chi connectivity index (χ0) is 14.0. The Hall–Kier alpha value is -1.54. The molecule has 0 radical (unpaired) electrons. The second kappa shape index (κ2) is 5.22. The molecule has 0 unspecified atom stereocenters. The van der Waals surface area contributed by atoms with Gasteiger partial charge in [-0.05, 0) is 24.3 Å². The number of hydrogen-bond acceptors (Lipinski definition) is 3. The first kappa shape index (κ1) is 13.9. The van der Waals surface area contributed by atoms with Gasteiger partial charge in [-0.15, -0.1) is 0 Å². The fourth-order valence-corrected chi connectivity index (χ4v) is 2.69. The summed E-state index contributed by atoms with van der Waals surface area (Å²) in [6, 6.07) is 4.64. The molecule has 0 bridgehead atoms. The van der Waals surface area contributed by atoms with E-state index < -0.39 is 21.7 Å². The van der Waals surface area contributed by atoms with E-state index in [0.29, 0.717) is 4.47 Å². The number of anilines is 1. The van der Waals surface area contributed by atoms with Crippen LogP contribution in [0.1, 0.15) is 0 Å². The highest BCUT2D eigenvalue weighted by Crippen LogP contribution is 2.22. The van der Waals surface area contributed by atoms with E-state index in [9.17, 15) is 17.2 Å². The van der Waals surface area contributed by atoms with Crippen LogP contribution in [0.4, 0.5) is 14.5 Å². The molecule has 0 fully saturated rings. The molecule has 0 atom stereocenters. The SMILES string of the molecule is O=S(=O)(Nc1ccc(Br)cc1F)c1cncc(F)c1. The van der Waals surface area contributed by atoms with Gasteiger partial charge in [0.1, 0.15) is 16.5 Å². The van der Waals surface area contributed by atoms with Crippen molar-refractivity contribution in [2.24, 2.45) is 0 Å². The maximum absolute atomic E-state index is 13.5. The summed E-state index contributed by atoms with van der Waals surface area (Å²) in [7, 11) is -4.08. The largest absolute Gasteiger partial charge is 0.277 e. The van der Waals surface area contributed by atoms with Gasteiger partial charge in [0.25, 0.3) is 10.0 Å². The van der Waals surface area contributed by atoms with Crippen molar-refractivity contribution in [2.45, 2.75) is 4.90 Å². The standard InChI is InChI=1S/C11H7BrF2N2O2S/c12-7-1-2-11(10(14)3-7)16-19(17,18)9-4-8(13)5-15-6-9/h1-6,16H. The topological polar surface area (TPSA) is 59.1 Å². The highest BCUT2D eigenvalue weighted by atomic mass is 79.9. The fourth-order valence-electron chi connectivity index (χ4n) is 1.32. The third-order valence-corrected chi connectivity index (χ3v) is 3.99. The average molecular weight is 349 g/mol. The number of halogens is 3. The lowest BCUT2D eigenvalue weighted by molar-refractivity contribution is 0.590. The first-order valence-corrected chi connectivity index (χ1v) is 7.24. The summed E-state index contributed by atoms with van der Waals surface area (Å²) < 4.78 is 52.8. The van der Waals surface area contributed by atoms with Crippen molar-refractivity contribution in [1.82, 2.24) is 4.98 Å². The molecule has 4 nitrogen and oxygen atoms in total. The van der Waals surface area contributed by atoms with Gasteiger partial charge in [-0.25, -0.2) is 17.2 Å². The van der Waals surface area contributed by atoms with Crippen LogP contribution in [0.3, 0.4) is 0 Å². The molecular formula is C11H7BrF2N2O2S. The highest BCUT2D eigenvalue weighted by Gasteiger charge is 2.17. The van der Waals surface area contributed by atoms with E-state index in [1.54, 1.807) is 0 Å². The zero-order valence-electron chi connectivity index (χ0n) is 9.27. The molecule has 1 heterocycles. The zero-order valence-corrected chi connectivity index (χ0v) is 11.7. The Labute approximate surface area is 116 Å². The first-order chi connectivity index (χ1) is 8.88. The summed E-state index contributed by atoms with van der Waals surface area (Å²) in [4.78, 5) is 3.05. The molecule has 2 rings (SSSR count). The Kier molecular flexibility index (Phi) is 3.81. The average Bonchev–Trinajstić information content (AvgIpc) is 2.33. The summed E-state index contributed by atoms with van der Waals surface area (Å²) in [6.45, 7) is 0. The molecule has 100 valence electrons. The van der Waals surface area contributed by atoms with E-state index in [2.05, 4.69) is 20.9 Å². The molecule has 0 saturated carbocycles. The van der Waals surface area contributed by atoms with Crippen molar-refractivity contribution < 1.29 is 17.2 Å². The highest BCUT2D eigenvalue weighted by molar-refractivity contribution is 9.10. The van der Waals surface area contributed by atoms with Crippen molar-refractivity contribution >= 4 is 31.6 Å². The Morgan fingerprint density at radius 3 is 2.53 bits per heavy atom. The maximum Gasteiger partial charge on any atom is 0.263 e. The number of hydrogen-bond donors (Lipinski definition) is 1. The lowest BCUT2D eigenvalue weighted by Crippen LogP contribution is -2.14. The summed E-state index contributed by atoms with van der Waals surface area (Å²) in [6.07, 6.45) is 1.85. The van der Waals surface area contributed by atoms with Crippen molar-refractivity contribution in [3.63, 3.8) is 0 Å². The van der Waals surface area contributed by atoms with Crippen molar-refractivity contribution in [3.05, 3.63) is 52.8 Å². The van der Waals surface area contributed by atoms with Crippen molar-refractivity contribution in [2.75, 3.05) is 4.72 Å². The van der Waals surface area contributed by atoms with Crippen LogP contribution < -0.4 is 4.72 Å². The Morgan fingerprint density at radius 2 is 1.89 bits per heavy atom. The number of nitrogens with zero attached hydrogens (tertiary/aromatic N) is 1. The van der Waals surface area contributed by atoms with Gasteiger partial charge in [0.15, 0.2) is 0 Å². The van der Waals surface area contributed by atoms with Gasteiger partial charge in [-0.3, -0.25) is 9.71 Å². The lowest BCUT2D eigenvalue weighted by atomic mass is 10.3. The van der Waals surface area contributed by atoms with Gasteiger partial charge >= 0.3 is 0 Å². The summed E-state index contributed by atoms with van der Waals surface area (Å²) >= 11 is 3.05. The second-order valence-corrected chi connectivity index (χ2v) is 6.17.